The summed E-state index contributed by atoms with van der Waals surface area (Å²) in [5.41, 5.74) is 5.00. The van der Waals surface area contributed by atoms with Gasteiger partial charge in [0.25, 0.3) is 0 Å². The van der Waals surface area contributed by atoms with Gasteiger partial charge in [-0.1, -0.05) is 0 Å². The van der Waals surface area contributed by atoms with Crippen LogP contribution in [0, 0.1) is 0 Å². The Balaban J connectivity index is -0.0000000675. The van der Waals surface area contributed by atoms with Crippen LogP contribution in [0.15, 0.2) is 0 Å². The van der Waals surface area contributed by atoms with E-state index in [4.69, 9.17) is 15.9 Å². The molecule has 66 valence electrons. The number of carboxylic acid groups (broad SMARTS) is 2. The first-order valence-corrected chi connectivity index (χ1v) is 2.74. The summed E-state index contributed by atoms with van der Waals surface area (Å²) in [6.07, 6.45) is -0.224. The summed E-state index contributed by atoms with van der Waals surface area (Å²) in [4.78, 5) is 19.9. The predicted molar refractivity (Wildman–Crippen MR) is 61.1 cm³/mol. The molecule has 0 fully saturated rings. The van der Waals surface area contributed by atoms with Crippen LogP contribution in [0.2, 0.25) is 0 Å². The molecule has 9 heteroatoms. The second-order valence-electron chi connectivity index (χ2n) is 1.88. The fraction of sp³-hybridized carbons (Fsp3) is 0.600. The van der Waals surface area contributed by atoms with Gasteiger partial charge in [0.1, 0.15) is 6.04 Å². The third kappa shape index (κ3) is 20.3. The van der Waals surface area contributed by atoms with Crippen LogP contribution in [0.4, 0.5) is 0 Å². The number of carboxylic acids is 2. The van der Waals surface area contributed by atoms with Gasteiger partial charge in [-0.3, -0.25) is 9.59 Å². The van der Waals surface area contributed by atoms with E-state index < -0.39 is 18.0 Å². The molecule has 0 spiro atoms. The van der Waals surface area contributed by atoms with Crippen LogP contribution in [0.3, 0.4) is 0 Å². The summed E-state index contributed by atoms with van der Waals surface area (Å²) in [7, 11) is 0. The van der Waals surface area contributed by atoms with Gasteiger partial charge in [0.2, 0.25) is 0 Å². The van der Waals surface area contributed by atoms with Crippen molar-refractivity contribution in [1.29, 1.82) is 0 Å². The molecular formula is C5H13NNa4O4. The molecule has 0 rings (SSSR count). The first-order chi connectivity index (χ1) is 4.54. The van der Waals surface area contributed by atoms with Gasteiger partial charge in [-0.05, 0) is 6.42 Å². The second kappa shape index (κ2) is 18.3. The van der Waals surface area contributed by atoms with Crippen molar-refractivity contribution < 1.29 is 19.8 Å². The van der Waals surface area contributed by atoms with Gasteiger partial charge in [0.15, 0.2) is 0 Å². The average molecular weight is 243 g/mol. The zero-order valence-electron chi connectivity index (χ0n) is 5.28. The topological polar surface area (TPSA) is 101 Å². The van der Waals surface area contributed by atoms with Crippen LogP contribution in [0.25, 0.3) is 0 Å². The molecular weight excluding hydrogens is 230 g/mol. The van der Waals surface area contributed by atoms with Gasteiger partial charge in [0.05, 0.1) is 0 Å². The van der Waals surface area contributed by atoms with Crippen molar-refractivity contribution in [3.8, 4) is 0 Å². The SMILES string of the molecule is NC(CCC(=O)O)C(=O)O.[NaH].[NaH].[NaH].[NaH]. The standard InChI is InChI=1S/C5H9NO4.4Na.4H/c6-3(5(9)10)1-2-4(7)8;;;;;;;;/h3H,1-2,6H2,(H,7,8)(H,9,10);;;;;;;;. The van der Waals surface area contributed by atoms with Gasteiger partial charge >= 0.3 is 130 Å². The van der Waals surface area contributed by atoms with Crippen LogP contribution >= 0.6 is 0 Å². The minimum atomic E-state index is -1.17. The summed E-state index contributed by atoms with van der Waals surface area (Å²) in [5, 5.41) is 16.3. The molecule has 1 atom stereocenters. The Morgan fingerprint density at radius 3 is 1.64 bits per heavy atom. The molecule has 0 aromatic heterocycles. The summed E-state index contributed by atoms with van der Waals surface area (Å²) in [6, 6.07) is -1.06. The summed E-state index contributed by atoms with van der Waals surface area (Å²) in [6.45, 7) is 0. The Kier molecular flexibility index (Phi) is 39.4. The van der Waals surface area contributed by atoms with Crippen molar-refractivity contribution in [2.24, 2.45) is 5.73 Å². The first-order valence-electron chi connectivity index (χ1n) is 2.74. The molecule has 0 aromatic rings. The van der Waals surface area contributed by atoms with E-state index in [1.807, 2.05) is 0 Å². The van der Waals surface area contributed by atoms with E-state index in [9.17, 15) is 9.59 Å². The van der Waals surface area contributed by atoms with E-state index >= 15 is 0 Å². The maximum absolute atomic E-state index is 9.99. The van der Waals surface area contributed by atoms with Gasteiger partial charge in [0, 0.05) is 6.42 Å². The van der Waals surface area contributed by atoms with E-state index in [0.717, 1.165) is 0 Å². The van der Waals surface area contributed by atoms with Crippen molar-refractivity contribution >= 4 is 130 Å². The molecule has 1 unspecified atom stereocenters. The molecule has 4 N–H and O–H groups in total. The summed E-state index contributed by atoms with van der Waals surface area (Å²) < 4.78 is 0. The third-order valence-corrected chi connectivity index (χ3v) is 0.986. The number of carbonyl (C=O) groups is 2. The Labute approximate surface area is 171 Å². The van der Waals surface area contributed by atoms with Gasteiger partial charge in [-0.2, -0.15) is 0 Å². The second-order valence-corrected chi connectivity index (χ2v) is 1.88. The minimum absolute atomic E-state index is 0. The van der Waals surface area contributed by atoms with Crippen LogP contribution < -0.4 is 5.73 Å². The Morgan fingerprint density at radius 1 is 1.07 bits per heavy atom. The molecule has 0 bridgehead atoms. The van der Waals surface area contributed by atoms with E-state index in [1.54, 1.807) is 0 Å². The molecule has 0 aliphatic carbocycles. The average Bonchev–Trinajstić information content (AvgIpc) is 1.82. The normalized spacial score (nSPS) is 8.93. The molecule has 0 saturated heterocycles. The molecule has 0 amide bonds. The first kappa shape index (κ1) is 30.2. The van der Waals surface area contributed by atoms with E-state index in [0.29, 0.717) is 0 Å². The van der Waals surface area contributed by atoms with Crippen LogP contribution in [-0.4, -0.2) is 146 Å². The fourth-order valence-corrected chi connectivity index (χ4v) is 0.402. The monoisotopic (exact) mass is 243 g/mol. The third-order valence-electron chi connectivity index (χ3n) is 0.986. The van der Waals surface area contributed by atoms with Crippen molar-refractivity contribution in [3.63, 3.8) is 0 Å². The molecule has 5 nitrogen and oxygen atoms in total. The van der Waals surface area contributed by atoms with Crippen molar-refractivity contribution in [1.82, 2.24) is 0 Å². The maximum atomic E-state index is 9.99. The van der Waals surface area contributed by atoms with Crippen molar-refractivity contribution in [2.75, 3.05) is 0 Å². The molecule has 0 aromatic carbocycles. The number of aliphatic carboxylic acids is 2. The molecule has 14 heavy (non-hydrogen) atoms. The summed E-state index contributed by atoms with van der Waals surface area (Å²) >= 11 is 0. The molecule has 0 heterocycles. The number of nitrogens with two attached hydrogens (primary N) is 1. The van der Waals surface area contributed by atoms with Crippen molar-refractivity contribution in [3.05, 3.63) is 0 Å². The van der Waals surface area contributed by atoms with Gasteiger partial charge < -0.3 is 15.9 Å². The number of rotatable bonds is 4. The Bertz CT molecular complexity index is 157. The Hall–Kier alpha value is 2.90. The zero-order valence-corrected chi connectivity index (χ0v) is 5.28. The van der Waals surface area contributed by atoms with E-state index in [2.05, 4.69) is 0 Å². The van der Waals surface area contributed by atoms with Gasteiger partial charge in [-0.15, -0.1) is 0 Å². The molecule has 0 saturated carbocycles. The van der Waals surface area contributed by atoms with Gasteiger partial charge in [-0.25, -0.2) is 0 Å². The van der Waals surface area contributed by atoms with Crippen LogP contribution in [0.1, 0.15) is 12.8 Å². The van der Waals surface area contributed by atoms with Crippen LogP contribution in [0.5, 0.6) is 0 Å². The Morgan fingerprint density at radius 2 is 1.43 bits per heavy atom. The number of hydrogen-bond acceptors (Lipinski definition) is 3. The van der Waals surface area contributed by atoms with E-state index in [-0.39, 0.29) is 131 Å². The molecule has 0 radical (unpaired) electrons. The van der Waals surface area contributed by atoms with Crippen LogP contribution in [-0.2, 0) is 9.59 Å². The zero-order chi connectivity index (χ0) is 8.15. The predicted octanol–water partition coefficient (Wildman–Crippen LogP) is -3.33. The quantitative estimate of drug-likeness (QED) is 0.448. The van der Waals surface area contributed by atoms with E-state index in [1.165, 1.54) is 0 Å². The van der Waals surface area contributed by atoms with Crippen molar-refractivity contribution in [2.45, 2.75) is 18.9 Å². The fourth-order valence-electron chi connectivity index (χ4n) is 0.402. The molecule has 0 aliphatic heterocycles. The number of hydrogen-bond donors (Lipinski definition) is 3. The molecule has 0 aliphatic rings. The summed E-state index contributed by atoms with van der Waals surface area (Å²) in [5.74, 6) is -2.20.